The van der Waals surface area contributed by atoms with Crippen molar-refractivity contribution in [3.05, 3.63) is 71.4 Å². The molecule has 0 aliphatic rings. The van der Waals surface area contributed by atoms with E-state index in [1.54, 1.807) is 24.4 Å². The molecule has 4 aromatic rings. The van der Waals surface area contributed by atoms with Gasteiger partial charge in [0.25, 0.3) is 0 Å². The van der Waals surface area contributed by atoms with E-state index in [-0.39, 0.29) is 11.5 Å². The molecule has 33 heavy (non-hydrogen) atoms. The molecule has 2 aromatic carbocycles. The monoisotopic (exact) mass is 445 g/mol. The summed E-state index contributed by atoms with van der Waals surface area (Å²) in [5.41, 5.74) is 2.65. The largest absolute Gasteiger partial charge is 0.507 e. The van der Waals surface area contributed by atoms with Crippen LogP contribution in [-0.2, 0) is 13.0 Å². The molecule has 0 saturated carbocycles. The molecule has 4 rings (SSSR count). The minimum absolute atomic E-state index is 0.00342. The molecule has 0 atom stereocenters. The number of ketones is 1. The van der Waals surface area contributed by atoms with Gasteiger partial charge in [0.2, 0.25) is 5.88 Å². The van der Waals surface area contributed by atoms with Gasteiger partial charge in [-0.15, -0.1) is 5.10 Å². The van der Waals surface area contributed by atoms with E-state index in [2.05, 4.69) is 25.6 Å². The number of pyridine rings is 1. The van der Waals surface area contributed by atoms with E-state index < -0.39 is 0 Å². The SMILES string of the molecule is CCCc1c(OCc2ccc(Oc3ccc(-c4nnn[nH]4)cn3)cc2)ccc(C(C)=O)c1O. The predicted octanol–water partition coefficient (Wildman–Crippen LogP) is 4.49. The average molecular weight is 445 g/mol. The van der Waals surface area contributed by atoms with Gasteiger partial charge in [-0.05, 0) is 59.7 Å². The number of H-pyrrole nitrogens is 1. The van der Waals surface area contributed by atoms with Gasteiger partial charge >= 0.3 is 0 Å². The summed E-state index contributed by atoms with van der Waals surface area (Å²) in [6.07, 6.45) is 3.07. The summed E-state index contributed by atoms with van der Waals surface area (Å²) in [5.74, 6) is 2.02. The highest BCUT2D eigenvalue weighted by Gasteiger charge is 2.16. The second-order valence-electron chi connectivity index (χ2n) is 7.41. The van der Waals surface area contributed by atoms with Gasteiger partial charge in [0.1, 0.15) is 23.9 Å². The number of phenols is 1. The molecular formula is C24H23N5O4. The van der Waals surface area contributed by atoms with Crippen molar-refractivity contribution in [2.75, 3.05) is 0 Å². The maximum atomic E-state index is 11.7. The van der Waals surface area contributed by atoms with Crippen LogP contribution in [0.1, 0.15) is 41.8 Å². The number of ether oxygens (including phenoxy) is 2. The number of nitrogens with one attached hydrogen (secondary N) is 1. The molecule has 168 valence electrons. The summed E-state index contributed by atoms with van der Waals surface area (Å²) in [6, 6.07) is 14.3. The molecule has 0 unspecified atom stereocenters. The molecule has 0 amide bonds. The summed E-state index contributed by atoms with van der Waals surface area (Å²) in [6.45, 7) is 3.76. The summed E-state index contributed by atoms with van der Waals surface area (Å²) in [7, 11) is 0. The first kappa shape index (κ1) is 21.9. The number of aromatic hydroxyl groups is 1. The number of rotatable bonds is 9. The van der Waals surface area contributed by atoms with Crippen molar-refractivity contribution in [1.29, 1.82) is 0 Å². The van der Waals surface area contributed by atoms with Gasteiger partial charge in [0.15, 0.2) is 11.6 Å². The maximum absolute atomic E-state index is 11.7. The second kappa shape index (κ2) is 9.90. The van der Waals surface area contributed by atoms with Gasteiger partial charge in [0, 0.05) is 23.4 Å². The number of benzene rings is 2. The first-order valence-corrected chi connectivity index (χ1v) is 10.5. The van der Waals surface area contributed by atoms with E-state index in [1.165, 1.54) is 6.92 Å². The number of carbonyl (C=O) groups excluding carboxylic acids is 1. The lowest BCUT2D eigenvalue weighted by Crippen LogP contribution is -2.02. The van der Waals surface area contributed by atoms with Crippen LogP contribution in [0.3, 0.4) is 0 Å². The Kier molecular flexibility index (Phi) is 6.58. The van der Waals surface area contributed by atoms with Crippen LogP contribution >= 0.6 is 0 Å². The molecular weight excluding hydrogens is 422 g/mol. The van der Waals surface area contributed by atoms with Crippen LogP contribution in [0.15, 0.2) is 54.7 Å². The Balaban J connectivity index is 1.40. The molecule has 2 N–H and O–H groups in total. The number of hydrogen-bond donors (Lipinski definition) is 2. The molecule has 2 aromatic heterocycles. The number of tetrazole rings is 1. The number of phenolic OH excluding ortho intramolecular Hbond substituents is 1. The lowest BCUT2D eigenvalue weighted by atomic mass is 10.0. The highest BCUT2D eigenvalue weighted by molar-refractivity contribution is 5.97. The normalized spacial score (nSPS) is 10.7. The first-order valence-electron chi connectivity index (χ1n) is 10.5. The molecule has 0 bridgehead atoms. The number of carbonyl (C=O) groups is 1. The van der Waals surface area contributed by atoms with Crippen molar-refractivity contribution in [2.45, 2.75) is 33.3 Å². The predicted molar refractivity (Wildman–Crippen MR) is 120 cm³/mol. The maximum Gasteiger partial charge on any atom is 0.219 e. The van der Waals surface area contributed by atoms with E-state index >= 15 is 0 Å². The number of Topliss-reactive ketones (excluding diaryl/α,β-unsaturated/α-hetero) is 1. The molecule has 9 nitrogen and oxygen atoms in total. The topological polar surface area (TPSA) is 123 Å². The minimum Gasteiger partial charge on any atom is -0.507 e. The smallest absolute Gasteiger partial charge is 0.219 e. The van der Waals surface area contributed by atoms with Gasteiger partial charge in [-0.2, -0.15) is 0 Å². The van der Waals surface area contributed by atoms with Crippen molar-refractivity contribution in [3.63, 3.8) is 0 Å². The third-order valence-corrected chi connectivity index (χ3v) is 5.01. The number of nitrogens with zero attached hydrogens (tertiary/aromatic N) is 4. The zero-order chi connectivity index (χ0) is 23.2. The van der Waals surface area contributed by atoms with Gasteiger partial charge in [-0.1, -0.05) is 25.5 Å². The first-order chi connectivity index (χ1) is 16.0. The quantitative estimate of drug-likeness (QED) is 0.361. The van der Waals surface area contributed by atoms with Crippen molar-refractivity contribution in [2.24, 2.45) is 0 Å². The molecule has 0 radical (unpaired) electrons. The van der Waals surface area contributed by atoms with E-state index in [0.29, 0.717) is 47.4 Å². The van der Waals surface area contributed by atoms with Crippen LogP contribution in [0, 0.1) is 0 Å². The van der Waals surface area contributed by atoms with Crippen molar-refractivity contribution >= 4 is 5.78 Å². The third kappa shape index (κ3) is 5.15. The van der Waals surface area contributed by atoms with Crippen LogP contribution in [0.25, 0.3) is 11.4 Å². The van der Waals surface area contributed by atoms with E-state index in [1.807, 2.05) is 37.3 Å². The van der Waals surface area contributed by atoms with Crippen LogP contribution < -0.4 is 9.47 Å². The molecule has 2 heterocycles. The Labute approximate surface area is 190 Å². The lowest BCUT2D eigenvalue weighted by molar-refractivity contribution is 0.101. The molecule has 9 heteroatoms. The molecule has 0 saturated heterocycles. The Hall–Kier alpha value is -4.27. The molecule has 0 spiro atoms. The van der Waals surface area contributed by atoms with Crippen molar-refractivity contribution in [3.8, 4) is 34.5 Å². The van der Waals surface area contributed by atoms with Crippen LogP contribution in [0.2, 0.25) is 0 Å². The van der Waals surface area contributed by atoms with Crippen molar-refractivity contribution in [1.82, 2.24) is 25.6 Å². The molecule has 0 aliphatic heterocycles. The highest BCUT2D eigenvalue weighted by atomic mass is 16.5. The third-order valence-electron chi connectivity index (χ3n) is 5.01. The zero-order valence-electron chi connectivity index (χ0n) is 18.3. The fourth-order valence-corrected chi connectivity index (χ4v) is 3.33. The molecule has 0 aliphatic carbocycles. The Morgan fingerprint density at radius 2 is 1.91 bits per heavy atom. The Morgan fingerprint density at radius 3 is 2.55 bits per heavy atom. The fourth-order valence-electron chi connectivity index (χ4n) is 3.33. The number of hydrogen-bond acceptors (Lipinski definition) is 8. The van der Waals surface area contributed by atoms with E-state index in [4.69, 9.17) is 9.47 Å². The van der Waals surface area contributed by atoms with E-state index in [9.17, 15) is 9.90 Å². The minimum atomic E-state index is -0.175. The van der Waals surface area contributed by atoms with Crippen molar-refractivity contribution < 1.29 is 19.4 Å². The number of aromatic amines is 1. The second-order valence-corrected chi connectivity index (χ2v) is 7.41. The summed E-state index contributed by atoms with van der Waals surface area (Å²) in [4.78, 5) is 16.0. The Bertz CT molecular complexity index is 1220. The highest BCUT2D eigenvalue weighted by Crippen LogP contribution is 2.33. The lowest BCUT2D eigenvalue weighted by Gasteiger charge is -2.15. The zero-order valence-corrected chi connectivity index (χ0v) is 18.3. The van der Waals surface area contributed by atoms with Crippen LogP contribution in [-0.4, -0.2) is 36.5 Å². The average Bonchev–Trinajstić information content (AvgIpc) is 3.36. The molecule has 0 fully saturated rings. The van der Waals surface area contributed by atoms with Gasteiger partial charge in [-0.25, -0.2) is 10.1 Å². The van der Waals surface area contributed by atoms with Crippen LogP contribution in [0.4, 0.5) is 0 Å². The fraction of sp³-hybridized carbons (Fsp3) is 0.208. The summed E-state index contributed by atoms with van der Waals surface area (Å²) in [5, 5.41) is 24.1. The van der Waals surface area contributed by atoms with Gasteiger partial charge in [-0.3, -0.25) is 4.79 Å². The van der Waals surface area contributed by atoms with Gasteiger partial charge < -0.3 is 14.6 Å². The number of aromatic nitrogens is 5. The van der Waals surface area contributed by atoms with E-state index in [0.717, 1.165) is 17.5 Å². The standard InChI is InChI=1S/C24H23N5O4/c1-3-4-20-21(11-10-19(15(2)30)23(20)31)32-14-16-5-8-18(9-6-16)33-22-12-7-17(13-25-22)24-26-28-29-27-24/h5-13,31H,3-4,14H2,1-2H3,(H,26,27,28,29). The Morgan fingerprint density at radius 1 is 1.09 bits per heavy atom. The summed E-state index contributed by atoms with van der Waals surface area (Å²) >= 11 is 0. The summed E-state index contributed by atoms with van der Waals surface area (Å²) < 4.78 is 11.7. The van der Waals surface area contributed by atoms with Crippen LogP contribution in [0.5, 0.6) is 23.1 Å². The van der Waals surface area contributed by atoms with Gasteiger partial charge in [0.05, 0.1) is 5.56 Å².